The topological polar surface area (TPSA) is 77.6 Å². The number of amides is 3. The van der Waals surface area contributed by atoms with Gasteiger partial charge in [0.1, 0.15) is 0 Å². The average molecular weight is 478 g/mol. The zero-order valence-electron chi connectivity index (χ0n) is 21.3. The number of likely N-dealkylation sites (tertiary alicyclic amines) is 1. The summed E-state index contributed by atoms with van der Waals surface area (Å²) >= 11 is 0. The molecule has 3 amide bonds. The molecular formula is C28H39N5O2. The number of urea groups is 1. The average Bonchev–Trinajstić information content (AvgIpc) is 3.68. The number of pyridine rings is 1. The van der Waals surface area contributed by atoms with E-state index in [1.807, 2.05) is 37.3 Å². The third-order valence-corrected chi connectivity index (χ3v) is 7.43. The standard InChI is InChI=1S/C28H39N5O2/c1-4-23-20-24(19-21(3)30-23)31-27(35)29-15-18-32-16-11-25(12-17-32)33(5-2)26(34)28(13-14-28)22-9-7-6-8-10-22/h6-10,19-20,25H,4-5,11-18H2,1-3H3,(H2,29,30,31,35). The second-order valence-corrected chi connectivity index (χ2v) is 9.84. The van der Waals surface area contributed by atoms with Gasteiger partial charge in [-0.2, -0.15) is 0 Å². The number of benzene rings is 1. The van der Waals surface area contributed by atoms with Crippen LogP contribution in [0.15, 0.2) is 42.5 Å². The van der Waals surface area contributed by atoms with Gasteiger partial charge in [0.05, 0.1) is 5.41 Å². The Labute approximate surface area is 209 Å². The van der Waals surface area contributed by atoms with Gasteiger partial charge >= 0.3 is 6.03 Å². The summed E-state index contributed by atoms with van der Waals surface area (Å²) in [5, 5.41) is 5.89. The van der Waals surface area contributed by atoms with Crippen molar-refractivity contribution in [3.63, 3.8) is 0 Å². The molecule has 0 atom stereocenters. The number of carbonyl (C=O) groups is 2. The molecule has 2 fully saturated rings. The van der Waals surface area contributed by atoms with E-state index in [2.05, 4.69) is 51.4 Å². The van der Waals surface area contributed by atoms with E-state index in [-0.39, 0.29) is 11.4 Å². The van der Waals surface area contributed by atoms with Crippen LogP contribution in [0.25, 0.3) is 0 Å². The fourth-order valence-electron chi connectivity index (χ4n) is 5.30. The van der Waals surface area contributed by atoms with Crippen molar-refractivity contribution in [3.05, 3.63) is 59.4 Å². The molecule has 1 saturated heterocycles. The lowest BCUT2D eigenvalue weighted by Crippen LogP contribution is -2.51. The van der Waals surface area contributed by atoms with Crippen molar-refractivity contribution in [3.8, 4) is 0 Å². The Morgan fingerprint density at radius 3 is 2.46 bits per heavy atom. The Balaban J connectivity index is 1.22. The van der Waals surface area contributed by atoms with E-state index in [1.54, 1.807) is 0 Å². The minimum atomic E-state index is -0.295. The fourth-order valence-corrected chi connectivity index (χ4v) is 5.30. The number of aryl methyl sites for hydroxylation is 2. The summed E-state index contributed by atoms with van der Waals surface area (Å²) in [4.78, 5) is 34.8. The molecule has 0 bridgehead atoms. The number of nitrogens with one attached hydrogen (secondary N) is 2. The van der Waals surface area contributed by atoms with Crippen LogP contribution < -0.4 is 10.6 Å². The number of nitrogens with zero attached hydrogens (tertiary/aromatic N) is 3. The van der Waals surface area contributed by atoms with E-state index < -0.39 is 0 Å². The minimum Gasteiger partial charge on any atom is -0.339 e. The molecule has 1 aromatic carbocycles. The van der Waals surface area contributed by atoms with Gasteiger partial charge in [-0.05, 0) is 63.6 Å². The molecule has 1 aliphatic carbocycles. The van der Waals surface area contributed by atoms with Crippen LogP contribution in [0.4, 0.5) is 10.5 Å². The lowest BCUT2D eigenvalue weighted by Gasteiger charge is -2.39. The first-order valence-corrected chi connectivity index (χ1v) is 13.1. The van der Waals surface area contributed by atoms with Crippen LogP contribution in [0.1, 0.15) is 56.5 Å². The van der Waals surface area contributed by atoms with Gasteiger partial charge in [-0.3, -0.25) is 9.78 Å². The molecule has 188 valence electrons. The van der Waals surface area contributed by atoms with Crippen molar-refractivity contribution in [2.75, 3.05) is 38.0 Å². The number of rotatable bonds is 9. The third kappa shape index (κ3) is 6.01. The first-order valence-electron chi connectivity index (χ1n) is 13.1. The van der Waals surface area contributed by atoms with Gasteiger partial charge < -0.3 is 20.4 Å². The lowest BCUT2D eigenvalue weighted by molar-refractivity contribution is -0.137. The highest BCUT2D eigenvalue weighted by atomic mass is 16.2. The predicted molar refractivity (Wildman–Crippen MR) is 140 cm³/mol. The van der Waals surface area contributed by atoms with Crippen LogP contribution in [0.2, 0.25) is 0 Å². The van der Waals surface area contributed by atoms with E-state index in [0.717, 1.165) is 80.9 Å². The summed E-state index contributed by atoms with van der Waals surface area (Å²) in [6.45, 7) is 10.1. The molecule has 0 unspecified atom stereocenters. The molecule has 0 radical (unpaired) electrons. The molecule has 2 aromatic rings. The van der Waals surface area contributed by atoms with Crippen molar-refractivity contribution in [2.24, 2.45) is 0 Å². The quantitative estimate of drug-likeness (QED) is 0.570. The second-order valence-electron chi connectivity index (χ2n) is 9.84. The Hall–Kier alpha value is -2.93. The third-order valence-electron chi connectivity index (χ3n) is 7.43. The highest BCUT2D eigenvalue weighted by Crippen LogP contribution is 2.50. The molecule has 1 aromatic heterocycles. The molecule has 0 spiro atoms. The van der Waals surface area contributed by atoms with E-state index in [1.165, 1.54) is 0 Å². The normalized spacial score (nSPS) is 17.6. The van der Waals surface area contributed by atoms with Crippen LogP contribution >= 0.6 is 0 Å². The van der Waals surface area contributed by atoms with Crippen LogP contribution in [0.5, 0.6) is 0 Å². The van der Waals surface area contributed by atoms with Crippen LogP contribution in [-0.4, -0.2) is 65.5 Å². The molecule has 35 heavy (non-hydrogen) atoms. The Morgan fingerprint density at radius 2 is 1.83 bits per heavy atom. The SMILES string of the molecule is CCc1cc(NC(=O)NCCN2CCC(N(CC)C(=O)C3(c4ccccc4)CC3)CC2)cc(C)n1. The largest absolute Gasteiger partial charge is 0.339 e. The molecule has 1 aliphatic heterocycles. The Morgan fingerprint density at radius 1 is 1.11 bits per heavy atom. The summed E-state index contributed by atoms with van der Waals surface area (Å²) in [5.41, 5.74) is 3.52. The molecule has 2 aliphatic rings. The molecule has 1 saturated carbocycles. The van der Waals surface area contributed by atoms with E-state index in [4.69, 9.17) is 0 Å². The number of anilines is 1. The zero-order chi connectivity index (χ0) is 24.8. The van der Waals surface area contributed by atoms with Crippen molar-refractivity contribution < 1.29 is 9.59 Å². The lowest BCUT2D eigenvalue weighted by atomic mass is 9.92. The molecule has 2 N–H and O–H groups in total. The summed E-state index contributed by atoms with van der Waals surface area (Å²) in [5.74, 6) is 0.306. The number of carbonyl (C=O) groups excluding carboxylic acids is 2. The second kappa shape index (κ2) is 11.2. The summed E-state index contributed by atoms with van der Waals surface area (Å²) in [6.07, 6.45) is 4.71. The van der Waals surface area contributed by atoms with Crippen molar-refractivity contribution in [1.29, 1.82) is 0 Å². The van der Waals surface area contributed by atoms with Gasteiger partial charge in [0, 0.05) is 55.8 Å². The van der Waals surface area contributed by atoms with Gasteiger partial charge in [0.2, 0.25) is 5.91 Å². The maximum Gasteiger partial charge on any atom is 0.319 e. The molecule has 2 heterocycles. The first-order chi connectivity index (χ1) is 16.9. The number of likely N-dealkylation sites (N-methyl/N-ethyl adjacent to an activating group) is 1. The van der Waals surface area contributed by atoms with Crippen molar-refractivity contribution in [2.45, 2.75) is 64.3 Å². The van der Waals surface area contributed by atoms with Crippen molar-refractivity contribution in [1.82, 2.24) is 20.1 Å². The monoisotopic (exact) mass is 477 g/mol. The van der Waals surface area contributed by atoms with Crippen LogP contribution in [-0.2, 0) is 16.6 Å². The van der Waals surface area contributed by atoms with E-state index >= 15 is 0 Å². The van der Waals surface area contributed by atoms with Gasteiger partial charge in [0.15, 0.2) is 0 Å². The van der Waals surface area contributed by atoms with Gasteiger partial charge in [0.25, 0.3) is 0 Å². The molecule has 7 heteroatoms. The van der Waals surface area contributed by atoms with Crippen LogP contribution in [0, 0.1) is 6.92 Å². The molecule has 7 nitrogen and oxygen atoms in total. The van der Waals surface area contributed by atoms with E-state index in [9.17, 15) is 9.59 Å². The smallest absolute Gasteiger partial charge is 0.319 e. The van der Waals surface area contributed by atoms with Crippen molar-refractivity contribution >= 4 is 17.6 Å². The number of aromatic nitrogens is 1. The van der Waals surface area contributed by atoms with Gasteiger partial charge in [-0.15, -0.1) is 0 Å². The first kappa shape index (κ1) is 25.2. The number of hydrogen-bond acceptors (Lipinski definition) is 4. The molecular weight excluding hydrogens is 438 g/mol. The molecule has 4 rings (SSSR count). The maximum absolute atomic E-state index is 13.6. The Kier molecular flexibility index (Phi) is 8.06. The van der Waals surface area contributed by atoms with E-state index in [0.29, 0.717) is 18.5 Å². The highest BCUT2D eigenvalue weighted by molar-refractivity contribution is 5.91. The summed E-state index contributed by atoms with van der Waals surface area (Å²) < 4.78 is 0. The van der Waals surface area contributed by atoms with Crippen LogP contribution in [0.3, 0.4) is 0 Å². The minimum absolute atomic E-state index is 0.189. The van der Waals surface area contributed by atoms with Gasteiger partial charge in [-0.1, -0.05) is 37.3 Å². The number of hydrogen-bond donors (Lipinski definition) is 2. The highest BCUT2D eigenvalue weighted by Gasteiger charge is 2.53. The zero-order valence-corrected chi connectivity index (χ0v) is 21.3. The fraction of sp³-hybridized carbons (Fsp3) is 0.536. The Bertz CT molecular complexity index is 1010. The van der Waals surface area contributed by atoms with Gasteiger partial charge in [-0.25, -0.2) is 4.79 Å². The number of piperidine rings is 1. The predicted octanol–water partition coefficient (Wildman–Crippen LogP) is 4.12. The summed E-state index contributed by atoms with van der Waals surface area (Å²) in [7, 11) is 0. The summed E-state index contributed by atoms with van der Waals surface area (Å²) in [6, 6.07) is 14.2. The maximum atomic E-state index is 13.6.